The van der Waals surface area contributed by atoms with E-state index >= 15 is 0 Å². The number of aromatic nitrogens is 2. The summed E-state index contributed by atoms with van der Waals surface area (Å²) in [5.74, 6) is 1.86. The third-order valence-electron chi connectivity index (χ3n) is 2.48. The van der Waals surface area contributed by atoms with E-state index in [0.29, 0.717) is 26.3 Å². The van der Waals surface area contributed by atoms with Gasteiger partial charge in [0.05, 0.1) is 19.4 Å². The van der Waals surface area contributed by atoms with Crippen LogP contribution in [-0.2, 0) is 10.9 Å². The number of rotatable bonds is 1. The van der Waals surface area contributed by atoms with Gasteiger partial charge in [0.2, 0.25) is 0 Å². The van der Waals surface area contributed by atoms with Crippen LogP contribution >= 0.6 is 0 Å². The van der Waals surface area contributed by atoms with Crippen molar-refractivity contribution >= 4 is 5.82 Å². The minimum absolute atomic E-state index is 0.126. The lowest BCUT2D eigenvalue weighted by molar-refractivity contribution is -0.141. The van der Waals surface area contributed by atoms with Crippen molar-refractivity contribution in [3.05, 3.63) is 17.6 Å². The zero-order chi connectivity index (χ0) is 13.2. The fourth-order valence-corrected chi connectivity index (χ4v) is 1.65. The molecular formula is C11H10F3N3O. The lowest BCUT2D eigenvalue weighted by Crippen LogP contribution is -2.38. The molecule has 0 spiro atoms. The molecule has 0 unspecified atom stereocenters. The third kappa shape index (κ3) is 2.54. The maximum absolute atomic E-state index is 12.9. The average Bonchev–Trinajstić information content (AvgIpc) is 2.38. The Balaban J connectivity index is 2.42. The van der Waals surface area contributed by atoms with Gasteiger partial charge < -0.3 is 9.64 Å². The number of hydrogen-bond acceptors (Lipinski definition) is 4. The van der Waals surface area contributed by atoms with Crippen LogP contribution < -0.4 is 4.90 Å². The van der Waals surface area contributed by atoms with Crippen LogP contribution in [0.4, 0.5) is 19.0 Å². The van der Waals surface area contributed by atoms with Crippen LogP contribution in [0.2, 0.25) is 0 Å². The number of hydrogen-bond donors (Lipinski definition) is 0. The molecule has 0 aliphatic carbocycles. The van der Waals surface area contributed by atoms with E-state index < -0.39 is 11.9 Å². The van der Waals surface area contributed by atoms with Gasteiger partial charge in [0.25, 0.3) is 0 Å². The van der Waals surface area contributed by atoms with Gasteiger partial charge in [0.15, 0.2) is 11.5 Å². The van der Waals surface area contributed by atoms with Crippen molar-refractivity contribution in [3.63, 3.8) is 0 Å². The predicted molar refractivity (Wildman–Crippen MR) is 58.0 cm³/mol. The van der Waals surface area contributed by atoms with Crippen molar-refractivity contribution < 1.29 is 17.9 Å². The highest BCUT2D eigenvalue weighted by Gasteiger charge is 2.38. The van der Waals surface area contributed by atoms with Crippen molar-refractivity contribution in [2.24, 2.45) is 0 Å². The molecule has 1 aromatic rings. The van der Waals surface area contributed by atoms with E-state index in [0.717, 1.165) is 0 Å². The van der Waals surface area contributed by atoms with Gasteiger partial charge in [0, 0.05) is 13.1 Å². The Morgan fingerprint density at radius 2 is 2.00 bits per heavy atom. The van der Waals surface area contributed by atoms with Gasteiger partial charge in [-0.05, 0) is 5.92 Å². The zero-order valence-corrected chi connectivity index (χ0v) is 9.37. The Kier molecular flexibility index (Phi) is 3.39. The molecule has 7 heteroatoms. The molecule has 0 atom stereocenters. The van der Waals surface area contributed by atoms with Crippen molar-refractivity contribution in [2.45, 2.75) is 6.18 Å². The highest BCUT2D eigenvalue weighted by atomic mass is 19.4. The topological polar surface area (TPSA) is 38.2 Å². The first-order valence-electron chi connectivity index (χ1n) is 5.26. The maximum atomic E-state index is 12.9. The van der Waals surface area contributed by atoms with Crippen LogP contribution in [-0.4, -0.2) is 36.3 Å². The summed E-state index contributed by atoms with van der Waals surface area (Å²) in [5, 5.41) is 0. The summed E-state index contributed by atoms with van der Waals surface area (Å²) in [5.41, 5.74) is -1.17. The van der Waals surface area contributed by atoms with Crippen molar-refractivity contribution in [1.82, 2.24) is 9.97 Å². The van der Waals surface area contributed by atoms with E-state index in [9.17, 15) is 13.2 Å². The normalized spacial score (nSPS) is 16.4. The van der Waals surface area contributed by atoms with E-state index in [1.54, 1.807) is 0 Å². The van der Waals surface area contributed by atoms with Gasteiger partial charge in [-0.3, -0.25) is 0 Å². The van der Waals surface area contributed by atoms with Crippen LogP contribution in [0, 0.1) is 12.3 Å². The summed E-state index contributed by atoms with van der Waals surface area (Å²) in [6.45, 7) is 1.45. The van der Waals surface area contributed by atoms with Gasteiger partial charge in [-0.15, -0.1) is 6.42 Å². The highest BCUT2D eigenvalue weighted by molar-refractivity contribution is 5.46. The maximum Gasteiger partial charge on any atom is 0.437 e. The van der Waals surface area contributed by atoms with Gasteiger partial charge in [0.1, 0.15) is 5.69 Å². The SMILES string of the molecule is C#Cc1cnc(N2CCOCC2)c(C(F)(F)F)n1. The molecule has 2 rings (SSSR count). The molecule has 1 saturated heterocycles. The first kappa shape index (κ1) is 12.6. The quantitative estimate of drug-likeness (QED) is 0.711. The molecule has 0 aromatic carbocycles. The molecule has 18 heavy (non-hydrogen) atoms. The van der Waals surface area contributed by atoms with Gasteiger partial charge in [-0.25, -0.2) is 9.97 Å². The Labute approximate surface area is 102 Å². The summed E-state index contributed by atoms with van der Waals surface area (Å²) in [6, 6.07) is 0. The number of morpholine rings is 1. The molecule has 0 bridgehead atoms. The first-order chi connectivity index (χ1) is 8.52. The number of terminal acetylenes is 1. The Hall–Kier alpha value is -1.81. The van der Waals surface area contributed by atoms with E-state index in [1.807, 2.05) is 0 Å². The van der Waals surface area contributed by atoms with E-state index in [1.165, 1.54) is 11.1 Å². The first-order valence-corrected chi connectivity index (χ1v) is 5.26. The molecule has 1 aliphatic rings. The molecular weight excluding hydrogens is 247 g/mol. The number of halogens is 3. The monoisotopic (exact) mass is 257 g/mol. The molecule has 4 nitrogen and oxygen atoms in total. The average molecular weight is 257 g/mol. The summed E-state index contributed by atoms with van der Waals surface area (Å²) < 4.78 is 43.8. The molecule has 1 fully saturated rings. The lowest BCUT2D eigenvalue weighted by atomic mass is 10.3. The molecule has 96 valence electrons. The van der Waals surface area contributed by atoms with Gasteiger partial charge >= 0.3 is 6.18 Å². The molecule has 1 aliphatic heterocycles. The standard InChI is InChI=1S/C11H10F3N3O/c1-2-8-7-15-10(9(16-8)11(12,13)14)17-3-5-18-6-4-17/h1,7H,3-6H2. The summed E-state index contributed by atoms with van der Waals surface area (Å²) in [7, 11) is 0. The Morgan fingerprint density at radius 1 is 1.33 bits per heavy atom. The number of ether oxygens (including phenoxy) is 1. The minimum Gasteiger partial charge on any atom is -0.378 e. The second-order valence-corrected chi connectivity index (χ2v) is 3.67. The number of anilines is 1. The second-order valence-electron chi connectivity index (χ2n) is 3.67. The van der Waals surface area contributed by atoms with Gasteiger partial charge in [-0.2, -0.15) is 13.2 Å². The van der Waals surface area contributed by atoms with E-state index in [-0.39, 0.29) is 11.5 Å². The molecule has 0 N–H and O–H groups in total. The molecule has 0 saturated carbocycles. The number of alkyl halides is 3. The van der Waals surface area contributed by atoms with Crippen LogP contribution in [0.1, 0.15) is 11.4 Å². The minimum atomic E-state index is -4.58. The van der Waals surface area contributed by atoms with Crippen molar-refractivity contribution in [2.75, 3.05) is 31.2 Å². The largest absolute Gasteiger partial charge is 0.437 e. The van der Waals surface area contributed by atoms with Crippen LogP contribution in [0.25, 0.3) is 0 Å². The third-order valence-corrected chi connectivity index (χ3v) is 2.48. The summed E-state index contributed by atoms with van der Waals surface area (Å²) in [4.78, 5) is 8.72. The fourth-order valence-electron chi connectivity index (χ4n) is 1.65. The molecule has 1 aromatic heterocycles. The Morgan fingerprint density at radius 3 is 2.56 bits per heavy atom. The van der Waals surface area contributed by atoms with E-state index in [4.69, 9.17) is 11.2 Å². The van der Waals surface area contributed by atoms with Crippen molar-refractivity contribution in [3.8, 4) is 12.3 Å². The number of nitrogens with zero attached hydrogens (tertiary/aromatic N) is 3. The summed E-state index contributed by atoms with van der Waals surface area (Å²) in [6.07, 6.45) is 1.63. The molecule has 0 radical (unpaired) electrons. The highest BCUT2D eigenvalue weighted by Crippen LogP contribution is 2.34. The van der Waals surface area contributed by atoms with Crippen molar-refractivity contribution in [1.29, 1.82) is 0 Å². The van der Waals surface area contributed by atoms with E-state index in [2.05, 4.69) is 15.9 Å². The summed E-state index contributed by atoms with van der Waals surface area (Å²) >= 11 is 0. The van der Waals surface area contributed by atoms with Gasteiger partial charge in [-0.1, -0.05) is 0 Å². The molecule has 2 heterocycles. The Bertz CT molecular complexity index is 475. The zero-order valence-electron chi connectivity index (χ0n) is 9.37. The lowest BCUT2D eigenvalue weighted by Gasteiger charge is -2.29. The smallest absolute Gasteiger partial charge is 0.378 e. The molecule has 0 amide bonds. The van der Waals surface area contributed by atoms with Crippen LogP contribution in [0.15, 0.2) is 6.20 Å². The van der Waals surface area contributed by atoms with Crippen LogP contribution in [0.3, 0.4) is 0 Å². The predicted octanol–water partition coefficient (Wildman–Crippen LogP) is 1.31. The fraction of sp³-hybridized carbons (Fsp3) is 0.455. The van der Waals surface area contributed by atoms with Crippen LogP contribution in [0.5, 0.6) is 0 Å². The second kappa shape index (κ2) is 4.82.